The molecule has 3 heterocycles. The van der Waals surface area contributed by atoms with Crippen molar-refractivity contribution in [1.82, 2.24) is 15.0 Å². The lowest BCUT2D eigenvalue weighted by molar-refractivity contribution is 1.18. The third-order valence-electron chi connectivity index (χ3n) is 11.6. The van der Waals surface area contributed by atoms with E-state index in [4.69, 9.17) is 15.0 Å². The molecule has 0 radical (unpaired) electrons. The molecular weight excluding hydrogens is 735 g/mol. The molecule has 0 unspecified atom stereocenters. The first kappa shape index (κ1) is 33.6. The van der Waals surface area contributed by atoms with Crippen molar-refractivity contribution in [3.8, 4) is 56.3 Å². The van der Waals surface area contributed by atoms with Crippen LogP contribution in [0, 0.1) is 0 Å². The van der Waals surface area contributed by atoms with Crippen LogP contribution in [0.3, 0.4) is 0 Å². The van der Waals surface area contributed by atoms with Gasteiger partial charge in [0.05, 0.1) is 27.3 Å². The molecule has 0 fully saturated rings. The van der Waals surface area contributed by atoms with Gasteiger partial charge in [0.15, 0.2) is 5.82 Å². The third-order valence-corrected chi connectivity index (χ3v) is 12.8. The normalized spacial score (nSPS) is 11.7. The SMILES string of the molecule is c1ccc(-c2cc(-c3ccccc3)nc(-c3cccc(-c4ccc5nc(-c6ccc7c8ccccc8c8ccccc8c7c6)c6sc7ccccc7c6c5c4)c3)n2)cc1. The molecule has 3 aromatic heterocycles. The maximum absolute atomic E-state index is 5.49. The lowest BCUT2D eigenvalue weighted by Gasteiger charge is -2.13. The summed E-state index contributed by atoms with van der Waals surface area (Å²) >= 11 is 1.83. The second-order valence-corrected chi connectivity index (χ2v) is 16.2. The van der Waals surface area contributed by atoms with Crippen LogP contribution in [0.4, 0.5) is 0 Å². The minimum atomic E-state index is 0.696. The Morgan fingerprint density at radius 1 is 0.305 bits per heavy atom. The van der Waals surface area contributed by atoms with Crippen molar-refractivity contribution in [3.63, 3.8) is 0 Å². The molecule has 0 amide bonds. The van der Waals surface area contributed by atoms with Gasteiger partial charge in [-0.05, 0) is 79.8 Å². The van der Waals surface area contributed by atoms with Gasteiger partial charge in [0.2, 0.25) is 0 Å². The highest BCUT2D eigenvalue weighted by Gasteiger charge is 2.19. The molecular formula is C55H33N3S. The fourth-order valence-electron chi connectivity index (χ4n) is 8.84. The highest BCUT2D eigenvalue weighted by molar-refractivity contribution is 7.26. The summed E-state index contributed by atoms with van der Waals surface area (Å²) in [4.78, 5) is 15.7. The highest BCUT2D eigenvalue weighted by Crippen LogP contribution is 2.45. The van der Waals surface area contributed by atoms with Crippen molar-refractivity contribution in [2.24, 2.45) is 0 Å². The number of rotatable bonds is 5. The summed E-state index contributed by atoms with van der Waals surface area (Å²) in [6, 6.07) is 71.3. The van der Waals surface area contributed by atoms with Crippen LogP contribution >= 0.6 is 11.3 Å². The molecule has 274 valence electrons. The zero-order valence-corrected chi connectivity index (χ0v) is 32.6. The van der Waals surface area contributed by atoms with Crippen molar-refractivity contribution in [1.29, 1.82) is 0 Å². The molecule has 0 spiro atoms. The predicted molar refractivity (Wildman–Crippen MR) is 250 cm³/mol. The number of fused-ring (bicyclic) bond motifs is 11. The van der Waals surface area contributed by atoms with Gasteiger partial charge in [-0.3, -0.25) is 0 Å². The average Bonchev–Trinajstić information content (AvgIpc) is 3.72. The van der Waals surface area contributed by atoms with Gasteiger partial charge >= 0.3 is 0 Å². The Morgan fingerprint density at radius 3 is 1.49 bits per heavy atom. The third kappa shape index (κ3) is 5.60. The Balaban J connectivity index is 1.03. The summed E-state index contributed by atoms with van der Waals surface area (Å²) in [5.74, 6) is 0.696. The molecule has 0 saturated heterocycles. The van der Waals surface area contributed by atoms with Crippen molar-refractivity contribution in [2.75, 3.05) is 0 Å². The molecule has 0 aliphatic rings. The minimum absolute atomic E-state index is 0.696. The quantitative estimate of drug-likeness (QED) is 0.164. The first-order valence-corrected chi connectivity index (χ1v) is 20.7. The van der Waals surface area contributed by atoms with E-state index in [0.717, 1.165) is 61.4 Å². The summed E-state index contributed by atoms with van der Waals surface area (Å²) in [7, 11) is 0. The molecule has 0 aliphatic carbocycles. The van der Waals surface area contributed by atoms with Gasteiger partial charge in [0.1, 0.15) is 0 Å². The van der Waals surface area contributed by atoms with E-state index in [1.54, 1.807) is 0 Å². The predicted octanol–water partition coefficient (Wildman–Crippen LogP) is 15.2. The number of pyridine rings is 1. The molecule has 0 saturated carbocycles. The lowest BCUT2D eigenvalue weighted by atomic mass is 9.92. The molecule has 59 heavy (non-hydrogen) atoms. The van der Waals surface area contributed by atoms with Crippen LogP contribution < -0.4 is 0 Å². The zero-order valence-electron chi connectivity index (χ0n) is 31.8. The summed E-state index contributed by atoms with van der Waals surface area (Å²) in [5, 5.41) is 11.2. The lowest BCUT2D eigenvalue weighted by Crippen LogP contribution is -1.96. The molecule has 0 N–H and O–H groups in total. The monoisotopic (exact) mass is 767 g/mol. The van der Waals surface area contributed by atoms with E-state index in [-0.39, 0.29) is 0 Å². The van der Waals surface area contributed by atoms with Crippen molar-refractivity contribution < 1.29 is 0 Å². The number of hydrogen-bond acceptors (Lipinski definition) is 4. The molecule has 3 nitrogen and oxygen atoms in total. The van der Waals surface area contributed by atoms with E-state index in [1.165, 1.54) is 52.5 Å². The Bertz CT molecular complexity index is 3520. The number of thiophene rings is 1. The molecule has 0 bridgehead atoms. The average molecular weight is 768 g/mol. The number of hydrogen-bond donors (Lipinski definition) is 0. The standard InChI is InChI=1S/C55H33N3S/c1-3-14-34(15-4-1)49-33-50(35-16-5-2-6-17-35)58-55(57-49)39-19-13-18-36(30-39)37-27-29-48-47(31-37)52-45-24-11-12-25-51(45)59-54(52)53(56-48)38-26-28-44-42-22-8-7-20-40(42)41-21-9-10-23-43(41)46(44)32-38/h1-33H. The van der Waals surface area contributed by atoms with Crippen LogP contribution in [0.5, 0.6) is 0 Å². The highest BCUT2D eigenvalue weighted by atomic mass is 32.1. The summed E-state index contributed by atoms with van der Waals surface area (Å²) in [6.07, 6.45) is 0. The smallest absolute Gasteiger partial charge is 0.160 e. The van der Waals surface area contributed by atoms with Crippen LogP contribution in [0.25, 0.3) is 120 Å². The zero-order chi connectivity index (χ0) is 38.9. The van der Waals surface area contributed by atoms with Crippen LogP contribution in [-0.2, 0) is 0 Å². The maximum Gasteiger partial charge on any atom is 0.160 e. The Kier molecular flexibility index (Phi) is 7.72. The fraction of sp³-hybridized carbons (Fsp3) is 0. The van der Waals surface area contributed by atoms with Crippen molar-refractivity contribution in [2.45, 2.75) is 0 Å². The van der Waals surface area contributed by atoms with E-state index in [0.29, 0.717) is 5.82 Å². The molecule has 4 heteroatoms. The summed E-state index contributed by atoms with van der Waals surface area (Å²) < 4.78 is 2.46. The van der Waals surface area contributed by atoms with Crippen molar-refractivity contribution >= 4 is 74.7 Å². The van der Waals surface area contributed by atoms with E-state index < -0.39 is 0 Å². The Hall–Kier alpha value is -7.53. The van der Waals surface area contributed by atoms with E-state index in [1.807, 2.05) is 23.5 Å². The van der Waals surface area contributed by atoms with Gasteiger partial charge in [-0.1, -0.05) is 164 Å². The molecule has 12 rings (SSSR count). The largest absolute Gasteiger partial charge is 0.246 e. The van der Waals surface area contributed by atoms with Gasteiger partial charge in [-0.15, -0.1) is 11.3 Å². The van der Waals surface area contributed by atoms with Gasteiger partial charge in [0, 0.05) is 43.1 Å². The van der Waals surface area contributed by atoms with E-state index in [2.05, 4.69) is 188 Å². The van der Waals surface area contributed by atoms with Crippen LogP contribution in [-0.4, -0.2) is 15.0 Å². The van der Waals surface area contributed by atoms with E-state index in [9.17, 15) is 0 Å². The minimum Gasteiger partial charge on any atom is -0.246 e. The first-order chi connectivity index (χ1) is 29.2. The molecule has 12 aromatic rings. The van der Waals surface area contributed by atoms with Crippen LogP contribution in [0.2, 0.25) is 0 Å². The fourth-order valence-corrected chi connectivity index (χ4v) is 10.1. The summed E-state index contributed by atoms with van der Waals surface area (Å²) in [6.45, 7) is 0. The van der Waals surface area contributed by atoms with Gasteiger partial charge in [-0.2, -0.15) is 0 Å². The van der Waals surface area contributed by atoms with Gasteiger partial charge < -0.3 is 0 Å². The van der Waals surface area contributed by atoms with E-state index >= 15 is 0 Å². The Morgan fingerprint density at radius 2 is 0.814 bits per heavy atom. The van der Waals surface area contributed by atoms with Gasteiger partial charge in [0.25, 0.3) is 0 Å². The second kappa shape index (κ2) is 13.6. The number of aromatic nitrogens is 3. The van der Waals surface area contributed by atoms with Gasteiger partial charge in [-0.25, -0.2) is 15.0 Å². The topological polar surface area (TPSA) is 38.7 Å². The number of nitrogens with zero attached hydrogens (tertiary/aromatic N) is 3. The van der Waals surface area contributed by atoms with Crippen LogP contribution in [0.15, 0.2) is 200 Å². The Labute approximate surface area is 344 Å². The maximum atomic E-state index is 5.49. The molecule has 0 atom stereocenters. The second-order valence-electron chi connectivity index (χ2n) is 15.1. The van der Waals surface area contributed by atoms with Crippen molar-refractivity contribution in [3.05, 3.63) is 200 Å². The molecule has 9 aromatic carbocycles. The first-order valence-electron chi connectivity index (χ1n) is 19.9. The molecule has 0 aliphatic heterocycles. The number of benzene rings is 9. The van der Waals surface area contributed by atoms with Crippen LogP contribution in [0.1, 0.15) is 0 Å². The summed E-state index contributed by atoms with van der Waals surface area (Å²) in [5.41, 5.74) is 10.2.